The van der Waals surface area contributed by atoms with Crippen molar-refractivity contribution < 1.29 is 24.5 Å². The van der Waals surface area contributed by atoms with Crippen molar-refractivity contribution in [1.29, 1.82) is 0 Å². The van der Waals surface area contributed by atoms with E-state index in [-0.39, 0.29) is 33.5 Å². The van der Waals surface area contributed by atoms with Gasteiger partial charge in [-0.3, -0.25) is 0 Å². The molecule has 0 saturated carbocycles. The maximum atomic E-state index is 13.0. The number of aromatic hydroxyl groups is 1. The maximum Gasteiger partial charge on any atom is 0.347 e. The zero-order valence-corrected chi connectivity index (χ0v) is 22.2. The molecule has 5 heteroatoms. The van der Waals surface area contributed by atoms with E-state index in [4.69, 9.17) is 4.74 Å². The van der Waals surface area contributed by atoms with E-state index in [9.17, 15) is 19.8 Å². The molecular weight excluding hydrogens is 440 g/mol. The molecule has 0 heterocycles. The normalized spacial score (nSPS) is 11.9. The van der Waals surface area contributed by atoms with Crippen LogP contribution >= 0.6 is 0 Å². The van der Waals surface area contributed by atoms with Crippen LogP contribution in [0.1, 0.15) is 125 Å². The number of carboxylic acids is 1. The van der Waals surface area contributed by atoms with E-state index in [0.29, 0.717) is 0 Å². The lowest BCUT2D eigenvalue weighted by molar-refractivity contribution is 0.0680. The topological polar surface area (TPSA) is 83.8 Å². The molecule has 5 nitrogen and oxygen atoms in total. The number of hydrogen-bond acceptors (Lipinski definition) is 4. The molecule has 0 fully saturated rings. The molecule has 2 aromatic carbocycles. The fourth-order valence-corrected chi connectivity index (χ4v) is 4.40. The fraction of sp³-hybridized carbons (Fsp3) is 0.533. The Morgan fingerprint density at radius 1 is 0.771 bits per heavy atom. The van der Waals surface area contributed by atoms with E-state index >= 15 is 0 Å². The first kappa shape index (κ1) is 28.4. The lowest BCUT2D eigenvalue weighted by Crippen LogP contribution is -2.20. The van der Waals surface area contributed by atoms with Crippen molar-refractivity contribution in [3.8, 4) is 11.5 Å². The van der Waals surface area contributed by atoms with Gasteiger partial charge in [0, 0.05) is 0 Å². The number of unbranched alkanes of at least 4 members (excludes halogenated alkanes) is 4. The lowest BCUT2D eigenvalue weighted by atomic mass is 9.79. The Labute approximate surface area is 210 Å². The summed E-state index contributed by atoms with van der Waals surface area (Å²) in [6.07, 6.45) is 8.55. The standard InChI is InChI=1S/C30H42O5/c1-7-9-11-17-29(3,4)21-13-15-25(31)23(19-21)28(34)35-26-16-14-22(20-24(26)27(32)33)30(5,6)18-12-10-8-2/h13-16,19-20,31H,7-12,17-18H2,1-6H3,(H,32,33). The summed E-state index contributed by atoms with van der Waals surface area (Å²) < 4.78 is 5.53. The van der Waals surface area contributed by atoms with Gasteiger partial charge in [-0.15, -0.1) is 0 Å². The van der Waals surface area contributed by atoms with Gasteiger partial charge >= 0.3 is 11.9 Å². The molecule has 0 spiro atoms. The van der Waals surface area contributed by atoms with Crippen molar-refractivity contribution in [1.82, 2.24) is 0 Å². The number of carbonyl (C=O) groups excluding carboxylic acids is 1. The highest BCUT2D eigenvalue weighted by atomic mass is 16.5. The highest BCUT2D eigenvalue weighted by Crippen LogP contribution is 2.35. The fourth-order valence-electron chi connectivity index (χ4n) is 4.40. The molecule has 35 heavy (non-hydrogen) atoms. The van der Waals surface area contributed by atoms with Gasteiger partial charge in [0.1, 0.15) is 22.6 Å². The molecule has 0 atom stereocenters. The first-order chi connectivity index (χ1) is 16.4. The van der Waals surface area contributed by atoms with Crippen LogP contribution in [0.5, 0.6) is 11.5 Å². The first-order valence-electron chi connectivity index (χ1n) is 12.9. The molecule has 0 radical (unpaired) electrons. The zero-order valence-electron chi connectivity index (χ0n) is 22.2. The number of benzene rings is 2. The number of carbonyl (C=O) groups is 2. The van der Waals surface area contributed by atoms with Gasteiger partial charge in [-0.05, 0) is 59.1 Å². The minimum absolute atomic E-state index is 0.0254. The second-order valence-corrected chi connectivity index (χ2v) is 10.8. The SMILES string of the molecule is CCCCCC(C)(C)c1ccc(O)c(C(=O)Oc2ccc(C(C)(C)CCCCC)cc2C(=O)O)c1. The molecule has 0 saturated heterocycles. The minimum atomic E-state index is -1.16. The molecule has 0 aliphatic rings. The lowest BCUT2D eigenvalue weighted by Gasteiger charge is -2.26. The smallest absolute Gasteiger partial charge is 0.347 e. The van der Waals surface area contributed by atoms with Gasteiger partial charge in [0.25, 0.3) is 0 Å². The number of hydrogen-bond donors (Lipinski definition) is 2. The predicted molar refractivity (Wildman–Crippen MR) is 141 cm³/mol. The van der Waals surface area contributed by atoms with Crippen molar-refractivity contribution in [2.45, 2.75) is 104 Å². The number of aromatic carboxylic acids is 1. The Balaban J connectivity index is 2.31. The summed E-state index contributed by atoms with van der Waals surface area (Å²) in [5, 5.41) is 20.2. The van der Waals surface area contributed by atoms with E-state index in [1.54, 1.807) is 18.2 Å². The van der Waals surface area contributed by atoms with Crippen molar-refractivity contribution in [3.05, 3.63) is 58.7 Å². The Hall–Kier alpha value is -2.82. The van der Waals surface area contributed by atoms with Crippen LogP contribution in [0.25, 0.3) is 0 Å². The number of esters is 1. The molecule has 2 aromatic rings. The van der Waals surface area contributed by atoms with Crippen molar-refractivity contribution in [2.24, 2.45) is 0 Å². The molecule has 2 N–H and O–H groups in total. The molecule has 0 unspecified atom stereocenters. The Bertz CT molecular complexity index is 1020. The summed E-state index contributed by atoms with van der Waals surface area (Å²) in [5.74, 6) is -2.14. The van der Waals surface area contributed by atoms with E-state index in [0.717, 1.165) is 62.5 Å². The van der Waals surface area contributed by atoms with E-state index in [2.05, 4.69) is 41.5 Å². The third kappa shape index (κ3) is 7.58. The molecule has 0 bridgehead atoms. The monoisotopic (exact) mass is 482 g/mol. The highest BCUT2D eigenvalue weighted by Gasteiger charge is 2.26. The largest absolute Gasteiger partial charge is 0.507 e. The highest BCUT2D eigenvalue weighted by molar-refractivity contribution is 5.97. The predicted octanol–water partition coefficient (Wildman–Crippen LogP) is 8.03. The van der Waals surface area contributed by atoms with Gasteiger partial charge in [0.05, 0.1) is 0 Å². The molecule has 2 rings (SSSR count). The Kier molecular flexibility index (Phi) is 9.93. The van der Waals surface area contributed by atoms with Gasteiger partial charge < -0.3 is 14.9 Å². The first-order valence-corrected chi connectivity index (χ1v) is 12.9. The minimum Gasteiger partial charge on any atom is -0.507 e. The van der Waals surface area contributed by atoms with Gasteiger partial charge in [0.2, 0.25) is 0 Å². The molecule has 192 valence electrons. The Morgan fingerprint density at radius 2 is 1.26 bits per heavy atom. The summed E-state index contributed by atoms with van der Waals surface area (Å²) in [6, 6.07) is 9.98. The third-order valence-corrected chi connectivity index (χ3v) is 7.00. The van der Waals surface area contributed by atoms with Gasteiger partial charge in [-0.25, -0.2) is 9.59 Å². The number of rotatable bonds is 13. The van der Waals surface area contributed by atoms with Crippen molar-refractivity contribution in [2.75, 3.05) is 0 Å². The molecule has 0 aromatic heterocycles. The molecule has 0 amide bonds. The molecule has 0 aliphatic heterocycles. The van der Waals surface area contributed by atoms with Crippen LogP contribution in [0.3, 0.4) is 0 Å². The van der Waals surface area contributed by atoms with Crippen molar-refractivity contribution in [3.63, 3.8) is 0 Å². The number of carboxylic acid groups (broad SMARTS) is 1. The summed E-state index contributed by atoms with van der Waals surface area (Å²) in [4.78, 5) is 25.0. The van der Waals surface area contributed by atoms with E-state index in [1.165, 1.54) is 6.07 Å². The summed E-state index contributed by atoms with van der Waals surface area (Å²) in [6.45, 7) is 12.7. The number of ether oxygens (including phenoxy) is 1. The van der Waals surface area contributed by atoms with Gasteiger partial charge in [-0.2, -0.15) is 0 Å². The van der Waals surface area contributed by atoms with Crippen LogP contribution in [-0.4, -0.2) is 22.2 Å². The van der Waals surface area contributed by atoms with Crippen LogP contribution in [0.15, 0.2) is 36.4 Å². The number of phenolic OH excluding ortho intramolecular Hbond substituents is 1. The summed E-state index contributed by atoms with van der Waals surface area (Å²) in [5.41, 5.74) is 1.43. The third-order valence-electron chi connectivity index (χ3n) is 7.00. The quantitative estimate of drug-likeness (QED) is 0.171. The summed E-state index contributed by atoms with van der Waals surface area (Å²) >= 11 is 0. The average molecular weight is 483 g/mol. The average Bonchev–Trinajstić information content (AvgIpc) is 2.79. The van der Waals surface area contributed by atoms with Gasteiger partial charge in [-0.1, -0.05) is 92.2 Å². The van der Waals surface area contributed by atoms with Gasteiger partial charge in [0.15, 0.2) is 0 Å². The zero-order chi connectivity index (χ0) is 26.2. The molecular formula is C30H42O5. The molecule has 0 aliphatic carbocycles. The summed E-state index contributed by atoms with van der Waals surface area (Å²) in [7, 11) is 0. The van der Waals surface area contributed by atoms with Crippen LogP contribution in [0, 0.1) is 0 Å². The van der Waals surface area contributed by atoms with Crippen LogP contribution in [-0.2, 0) is 10.8 Å². The van der Waals surface area contributed by atoms with E-state index in [1.807, 2.05) is 12.1 Å². The van der Waals surface area contributed by atoms with Crippen LogP contribution in [0.4, 0.5) is 0 Å². The maximum absolute atomic E-state index is 13.0. The second-order valence-electron chi connectivity index (χ2n) is 10.8. The van der Waals surface area contributed by atoms with Crippen molar-refractivity contribution >= 4 is 11.9 Å². The number of phenols is 1. The Morgan fingerprint density at radius 3 is 1.74 bits per heavy atom. The van der Waals surface area contributed by atoms with E-state index < -0.39 is 11.9 Å². The van der Waals surface area contributed by atoms with Crippen LogP contribution in [0.2, 0.25) is 0 Å². The van der Waals surface area contributed by atoms with Crippen LogP contribution < -0.4 is 4.74 Å². The second kappa shape index (κ2) is 12.2.